The molecular weight excluding hydrogens is 423 g/mol. The van der Waals surface area contributed by atoms with E-state index in [9.17, 15) is 22.8 Å². The topological polar surface area (TPSA) is 64.0 Å². The number of rotatable bonds is 4. The molecule has 0 aliphatic rings. The molecular formula is C19H12F3N3O2S2. The predicted molar refractivity (Wildman–Crippen MR) is 107 cm³/mol. The van der Waals surface area contributed by atoms with Crippen molar-refractivity contribution in [2.75, 3.05) is 5.32 Å². The van der Waals surface area contributed by atoms with Gasteiger partial charge in [-0.15, -0.1) is 22.7 Å². The molecule has 1 N–H and O–H groups in total. The third-order valence-electron chi connectivity index (χ3n) is 4.19. The normalized spacial score (nSPS) is 11.2. The van der Waals surface area contributed by atoms with Crippen molar-refractivity contribution in [1.29, 1.82) is 0 Å². The number of carbonyl (C=O) groups is 1. The standard InChI is InChI=1S/C19H12F3N3O2S2/c1-9-2-5-13(29-9)10-7-28-18-15(10)19(27)25(8-23-18)6-14(26)24-12-4-3-11(20)16(21)17(12)22/h2-5,7-8H,6H2,1H3,(H,24,26). The van der Waals surface area contributed by atoms with Crippen LogP contribution < -0.4 is 10.9 Å². The Morgan fingerprint density at radius 2 is 1.97 bits per heavy atom. The number of aryl methyl sites for hydroxylation is 1. The highest BCUT2D eigenvalue weighted by atomic mass is 32.1. The van der Waals surface area contributed by atoms with Crippen LogP contribution in [-0.4, -0.2) is 15.5 Å². The lowest BCUT2D eigenvalue weighted by Gasteiger charge is -2.09. The second-order valence-electron chi connectivity index (χ2n) is 6.19. The predicted octanol–water partition coefficient (Wildman–Crippen LogP) is 4.55. The van der Waals surface area contributed by atoms with E-state index in [4.69, 9.17) is 0 Å². The third-order valence-corrected chi connectivity index (χ3v) is 6.11. The van der Waals surface area contributed by atoms with Crippen LogP contribution in [0.4, 0.5) is 18.9 Å². The molecule has 4 rings (SSSR count). The van der Waals surface area contributed by atoms with Gasteiger partial charge in [-0.25, -0.2) is 18.2 Å². The van der Waals surface area contributed by atoms with Crippen LogP contribution in [0.2, 0.25) is 0 Å². The van der Waals surface area contributed by atoms with Crippen molar-refractivity contribution in [3.8, 4) is 10.4 Å². The summed E-state index contributed by atoms with van der Waals surface area (Å²) in [6.45, 7) is 1.50. The SMILES string of the molecule is Cc1ccc(-c2csc3ncn(CC(=O)Nc4ccc(F)c(F)c4F)c(=O)c23)s1. The monoisotopic (exact) mass is 435 g/mol. The van der Waals surface area contributed by atoms with Crippen molar-refractivity contribution in [2.24, 2.45) is 0 Å². The lowest BCUT2D eigenvalue weighted by Crippen LogP contribution is -2.28. The summed E-state index contributed by atoms with van der Waals surface area (Å²) in [7, 11) is 0. The summed E-state index contributed by atoms with van der Waals surface area (Å²) in [4.78, 5) is 31.9. The average Bonchev–Trinajstić information content (AvgIpc) is 3.31. The molecule has 0 aliphatic carbocycles. The number of benzene rings is 1. The fourth-order valence-corrected chi connectivity index (χ4v) is 4.67. The van der Waals surface area contributed by atoms with Gasteiger partial charge in [-0.2, -0.15) is 0 Å². The number of halogens is 3. The second kappa shape index (κ2) is 7.45. The summed E-state index contributed by atoms with van der Waals surface area (Å²) in [6, 6.07) is 5.47. The summed E-state index contributed by atoms with van der Waals surface area (Å²) in [5, 5.41) is 4.38. The second-order valence-corrected chi connectivity index (χ2v) is 8.33. The fraction of sp³-hybridized carbons (Fsp3) is 0.105. The van der Waals surface area contributed by atoms with Crippen LogP contribution >= 0.6 is 22.7 Å². The molecule has 0 bridgehead atoms. The molecule has 1 amide bonds. The maximum atomic E-state index is 13.7. The summed E-state index contributed by atoms with van der Waals surface area (Å²) in [5.74, 6) is -5.33. The zero-order valence-corrected chi connectivity index (χ0v) is 16.5. The molecule has 148 valence electrons. The number of anilines is 1. The van der Waals surface area contributed by atoms with Gasteiger partial charge < -0.3 is 5.32 Å². The minimum Gasteiger partial charge on any atom is -0.322 e. The molecule has 10 heteroatoms. The average molecular weight is 435 g/mol. The van der Waals surface area contributed by atoms with Gasteiger partial charge in [0, 0.05) is 20.7 Å². The Morgan fingerprint density at radius 3 is 2.69 bits per heavy atom. The Bertz CT molecular complexity index is 1310. The molecule has 0 unspecified atom stereocenters. The van der Waals surface area contributed by atoms with Crippen molar-refractivity contribution < 1.29 is 18.0 Å². The van der Waals surface area contributed by atoms with Crippen LogP contribution in [0.15, 0.2) is 40.8 Å². The molecule has 0 radical (unpaired) electrons. The lowest BCUT2D eigenvalue weighted by atomic mass is 10.2. The van der Waals surface area contributed by atoms with Crippen LogP contribution in [0.3, 0.4) is 0 Å². The Balaban J connectivity index is 1.65. The maximum absolute atomic E-state index is 13.7. The number of amides is 1. The molecule has 0 spiro atoms. The highest BCUT2D eigenvalue weighted by Crippen LogP contribution is 2.34. The Kier molecular flexibility index (Phi) is 4.97. The molecule has 1 aromatic carbocycles. The van der Waals surface area contributed by atoms with Crippen LogP contribution in [-0.2, 0) is 11.3 Å². The highest BCUT2D eigenvalue weighted by molar-refractivity contribution is 7.19. The van der Waals surface area contributed by atoms with E-state index in [0.29, 0.717) is 16.3 Å². The van der Waals surface area contributed by atoms with Crippen LogP contribution in [0.1, 0.15) is 4.88 Å². The molecule has 0 fully saturated rings. The largest absolute Gasteiger partial charge is 0.322 e. The first kappa shape index (κ1) is 19.3. The minimum absolute atomic E-state index is 0.395. The van der Waals surface area contributed by atoms with Crippen molar-refractivity contribution in [1.82, 2.24) is 9.55 Å². The number of carbonyl (C=O) groups excluding carboxylic acids is 1. The smallest absolute Gasteiger partial charge is 0.263 e. The number of fused-ring (bicyclic) bond motifs is 1. The van der Waals surface area contributed by atoms with Crippen molar-refractivity contribution in [3.05, 3.63) is 68.7 Å². The van der Waals surface area contributed by atoms with Gasteiger partial charge in [0.25, 0.3) is 5.56 Å². The zero-order valence-electron chi connectivity index (χ0n) is 14.8. The van der Waals surface area contributed by atoms with Gasteiger partial charge in [-0.3, -0.25) is 14.2 Å². The Hall–Kier alpha value is -2.98. The quantitative estimate of drug-likeness (QED) is 0.479. The number of nitrogens with one attached hydrogen (secondary N) is 1. The van der Waals surface area contributed by atoms with E-state index < -0.39 is 41.2 Å². The van der Waals surface area contributed by atoms with Gasteiger partial charge in [0.15, 0.2) is 17.5 Å². The molecule has 3 heterocycles. The Labute approximate surface area is 170 Å². The molecule has 4 aromatic rings. The van der Waals surface area contributed by atoms with Gasteiger partial charge in [0.05, 0.1) is 17.4 Å². The van der Waals surface area contributed by atoms with E-state index in [1.807, 2.05) is 24.4 Å². The molecule has 5 nitrogen and oxygen atoms in total. The summed E-state index contributed by atoms with van der Waals surface area (Å²) < 4.78 is 41.2. The van der Waals surface area contributed by atoms with Gasteiger partial charge >= 0.3 is 0 Å². The van der Waals surface area contributed by atoms with Crippen molar-refractivity contribution in [3.63, 3.8) is 0 Å². The molecule has 0 aliphatic heterocycles. The van der Waals surface area contributed by atoms with Gasteiger partial charge in [0.1, 0.15) is 11.4 Å². The number of nitrogens with zero attached hydrogens (tertiary/aromatic N) is 2. The zero-order chi connectivity index (χ0) is 20.7. The van der Waals surface area contributed by atoms with E-state index in [1.165, 1.54) is 29.0 Å². The summed E-state index contributed by atoms with van der Waals surface area (Å²) in [6.07, 6.45) is 1.23. The van der Waals surface area contributed by atoms with E-state index in [2.05, 4.69) is 10.3 Å². The van der Waals surface area contributed by atoms with Crippen LogP contribution in [0, 0.1) is 24.4 Å². The number of aromatic nitrogens is 2. The molecule has 0 saturated heterocycles. The fourth-order valence-electron chi connectivity index (χ4n) is 2.81. The number of hydrogen-bond acceptors (Lipinski definition) is 5. The van der Waals surface area contributed by atoms with Gasteiger partial charge in [0.2, 0.25) is 5.91 Å². The minimum atomic E-state index is -1.68. The van der Waals surface area contributed by atoms with E-state index in [0.717, 1.165) is 26.0 Å². The van der Waals surface area contributed by atoms with Gasteiger partial charge in [-0.1, -0.05) is 0 Å². The first-order valence-electron chi connectivity index (χ1n) is 8.32. The molecule has 29 heavy (non-hydrogen) atoms. The summed E-state index contributed by atoms with van der Waals surface area (Å²) in [5.41, 5.74) is -0.193. The highest BCUT2D eigenvalue weighted by Gasteiger charge is 2.18. The van der Waals surface area contributed by atoms with Crippen LogP contribution in [0.25, 0.3) is 20.7 Å². The van der Waals surface area contributed by atoms with E-state index in [1.54, 1.807) is 0 Å². The number of thiophene rings is 2. The first-order valence-corrected chi connectivity index (χ1v) is 10.0. The van der Waals surface area contributed by atoms with E-state index >= 15 is 0 Å². The Morgan fingerprint density at radius 1 is 1.17 bits per heavy atom. The molecule has 3 aromatic heterocycles. The first-order chi connectivity index (χ1) is 13.8. The molecule has 0 atom stereocenters. The third kappa shape index (κ3) is 3.56. The lowest BCUT2D eigenvalue weighted by molar-refractivity contribution is -0.116. The maximum Gasteiger partial charge on any atom is 0.263 e. The summed E-state index contributed by atoms with van der Waals surface area (Å²) >= 11 is 2.86. The molecule has 0 saturated carbocycles. The van der Waals surface area contributed by atoms with Crippen molar-refractivity contribution >= 4 is 44.5 Å². The van der Waals surface area contributed by atoms with E-state index in [-0.39, 0.29) is 0 Å². The number of hydrogen-bond donors (Lipinski definition) is 1. The van der Waals surface area contributed by atoms with Crippen molar-refractivity contribution in [2.45, 2.75) is 13.5 Å². The van der Waals surface area contributed by atoms with Gasteiger partial charge in [-0.05, 0) is 31.2 Å². The van der Waals surface area contributed by atoms with Crippen LogP contribution in [0.5, 0.6) is 0 Å².